The first-order valence-electron chi connectivity index (χ1n) is 21.3. The third-order valence-corrected chi connectivity index (χ3v) is 14.1. The van der Waals surface area contributed by atoms with Gasteiger partial charge in [-0.1, -0.05) is 23.5 Å². The lowest BCUT2D eigenvalue weighted by Crippen LogP contribution is -2.06. The van der Waals surface area contributed by atoms with Gasteiger partial charge in [0.05, 0.1) is 54.1 Å². The predicted molar refractivity (Wildman–Crippen MR) is 269 cm³/mol. The summed E-state index contributed by atoms with van der Waals surface area (Å²) in [6.07, 6.45) is 1.22. The van der Waals surface area contributed by atoms with Crippen LogP contribution in [0.4, 0.5) is 50.2 Å². The molecule has 24 nitrogen and oxygen atoms in total. The van der Waals surface area contributed by atoms with E-state index in [-0.39, 0.29) is 101 Å². The van der Waals surface area contributed by atoms with Crippen molar-refractivity contribution in [2.75, 3.05) is 37.3 Å². The van der Waals surface area contributed by atoms with Crippen molar-refractivity contribution >= 4 is 100 Å². The Bertz CT molecular complexity index is 3800. The molecule has 0 aliphatic heterocycles. The number of rotatable bonds is 19. The van der Waals surface area contributed by atoms with Crippen molar-refractivity contribution < 1.29 is 49.1 Å². The summed E-state index contributed by atoms with van der Waals surface area (Å²) in [5.74, 6) is -1.17. The Morgan fingerprint density at radius 2 is 1.33 bits per heavy atom. The number of aromatic nitrogens is 3. The molecule has 0 saturated carbocycles. The molecule has 1 amide bonds. The molecular formula is C48H37N13O11S3. The summed E-state index contributed by atoms with van der Waals surface area (Å²) >= 11 is 0.863. The van der Waals surface area contributed by atoms with Gasteiger partial charge in [0.2, 0.25) is 5.91 Å². The number of azo groups is 2. The zero-order valence-electron chi connectivity index (χ0n) is 39.7. The first-order chi connectivity index (χ1) is 36.0. The predicted octanol–water partition coefficient (Wildman–Crippen LogP) is 9.33. The number of methoxy groups -OCH3 is 1. The van der Waals surface area contributed by atoms with Gasteiger partial charge in [0.1, 0.15) is 46.6 Å². The second kappa shape index (κ2) is 22.9. The number of carbonyl (C=O) groups is 3. The zero-order chi connectivity index (χ0) is 54.0. The van der Waals surface area contributed by atoms with Gasteiger partial charge in [-0.15, -0.1) is 20.5 Å². The van der Waals surface area contributed by atoms with Crippen molar-refractivity contribution in [3.8, 4) is 35.0 Å². The number of thiophene rings is 1. The molecular weight excluding hydrogens is 1030 g/mol. The quantitative estimate of drug-likeness (QED) is 0.0294. The molecule has 0 saturated heterocycles. The Morgan fingerprint density at radius 3 is 1.88 bits per heavy atom. The van der Waals surface area contributed by atoms with Crippen LogP contribution in [-0.2, 0) is 54.3 Å². The SMILES string of the molecule is COC(=O)c1cc(COC=O)cc(-n2ncc(C#N)c2N=Nc2sc(N=Nc3c(Nc4ccc(S(=O)(=O)OC)cc4)nc(Nc4ccc(S(=O)(=O)OC)cc4)c(C#N)c3C)c(C#N)c2-c2ccc(NC(C)=O)cc2)c1. The Balaban J connectivity index is 1.38. The molecule has 3 heterocycles. The summed E-state index contributed by atoms with van der Waals surface area (Å²) in [7, 11) is -4.85. The van der Waals surface area contributed by atoms with E-state index in [1.165, 1.54) is 85.6 Å². The van der Waals surface area contributed by atoms with E-state index < -0.39 is 26.2 Å². The minimum Gasteiger partial charge on any atom is -0.465 e. The molecule has 7 aromatic rings. The van der Waals surface area contributed by atoms with E-state index in [1.807, 2.05) is 6.07 Å². The number of amides is 1. The van der Waals surface area contributed by atoms with Crippen molar-refractivity contribution in [3.63, 3.8) is 0 Å². The highest BCUT2D eigenvalue weighted by Crippen LogP contribution is 2.49. The molecule has 75 heavy (non-hydrogen) atoms. The number of esters is 1. The fraction of sp³-hybridized carbons (Fsp3) is 0.125. The fourth-order valence-corrected chi connectivity index (χ4v) is 9.23. The van der Waals surface area contributed by atoms with E-state index in [0.29, 0.717) is 28.2 Å². The number of pyridine rings is 1. The molecule has 3 aromatic heterocycles. The highest BCUT2D eigenvalue weighted by molar-refractivity contribution is 7.87. The molecule has 0 atom stereocenters. The number of nitrogens with one attached hydrogen (secondary N) is 3. The Kier molecular flexibility index (Phi) is 16.3. The lowest BCUT2D eigenvalue weighted by molar-refractivity contribution is -0.129. The van der Waals surface area contributed by atoms with E-state index >= 15 is 0 Å². The molecule has 4 aromatic carbocycles. The van der Waals surface area contributed by atoms with Gasteiger partial charge in [0.15, 0.2) is 22.5 Å². The van der Waals surface area contributed by atoms with Gasteiger partial charge in [0.25, 0.3) is 26.7 Å². The van der Waals surface area contributed by atoms with Crippen LogP contribution >= 0.6 is 11.3 Å². The van der Waals surface area contributed by atoms with Gasteiger partial charge >= 0.3 is 5.97 Å². The van der Waals surface area contributed by atoms with Gasteiger partial charge in [-0.05, 0) is 96.9 Å². The third-order valence-electron chi connectivity index (χ3n) is 10.6. The Labute approximate surface area is 431 Å². The van der Waals surface area contributed by atoms with Gasteiger partial charge in [-0.25, -0.2) is 14.5 Å². The van der Waals surface area contributed by atoms with Crippen LogP contribution in [0.1, 0.15) is 45.1 Å². The van der Waals surface area contributed by atoms with Crippen LogP contribution in [0.15, 0.2) is 127 Å². The van der Waals surface area contributed by atoms with E-state index in [0.717, 1.165) is 25.6 Å². The Morgan fingerprint density at radius 1 is 0.747 bits per heavy atom. The monoisotopic (exact) mass is 1070 g/mol. The topological polar surface area (TPSA) is 344 Å². The van der Waals surface area contributed by atoms with Gasteiger partial charge in [-0.2, -0.15) is 37.7 Å². The number of anilines is 5. The highest BCUT2D eigenvalue weighted by atomic mass is 32.2. The first kappa shape index (κ1) is 53.2. The average molecular weight is 1070 g/mol. The van der Waals surface area contributed by atoms with Crippen LogP contribution in [0.5, 0.6) is 0 Å². The van der Waals surface area contributed by atoms with Crippen LogP contribution in [0.3, 0.4) is 0 Å². The molecule has 7 rings (SSSR count). The minimum absolute atomic E-state index is 0.00238. The highest BCUT2D eigenvalue weighted by Gasteiger charge is 2.24. The van der Waals surface area contributed by atoms with Gasteiger partial charge in [-0.3, -0.25) is 18.0 Å². The fourth-order valence-electron chi connectivity index (χ4n) is 6.99. The molecule has 378 valence electrons. The molecule has 0 spiro atoms. The summed E-state index contributed by atoms with van der Waals surface area (Å²) in [4.78, 5) is 40.0. The molecule has 0 fully saturated rings. The zero-order valence-corrected chi connectivity index (χ0v) is 42.2. The molecule has 0 radical (unpaired) electrons. The number of ether oxygens (including phenoxy) is 2. The van der Waals surface area contributed by atoms with Crippen molar-refractivity contribution in [2.24, 2.45) is 20.5 Å². The second-order valence-corrected chi connectivity index (χ2v) is 19.6. The minimum atomic E-state index is -4.06. The van der Waals surface area contributed by atoms with Crippen LogP contribution in [-0.4, -0.2) is 71.3 Å². The van der Waals surface area contributed by atoms with E-state index in [2.05, 4.69) is 67.0 Å². The van der Waals surface area contributed by atoms with Crippen molar-refractivity contribution in [1.82, 2.24) is 14.8 Å². The van der Waals surface area contributed by atoms with E-state index in [9.17, 15) is 47.0 Å². The maximum atomic E-state index is 12.7. The molecule has 27 heteroatoms. The molecule has 0 aliphatic rings. The van der Waals surface area contributed by atoms with Gasteiger partial charge < -0.3 is 25.4 Å². The summed E-state index contributed by atoms with van der Waals surface area (Å²) in [5, 5.41) is 62.7. The van der Waals surface area contributed by atoms with Gasteiger partial charge in [0, 0.05) is 35.1 Å². The average Bonchev–Trinajstić information content (AvgIpc) is 4.00. The lowest BCUT2D eigenvalue weighted by atomic mass is 10.0. The van der Waals surface area contributed by atoms with Crippen LogP contribution in [0, 0.1) is 40.9 Å². The molecule has 3 N–H and O–H groups in total. The number of benzene rings is 4. The number of nitriles is 3. The maximum absolute atomic E-state index is 12.7. The summed E-state index contributed by atoms with van der Waals surface area (Å²) in [6, 6.07) is 28.0. The second-order valence-electron chi connectivity index (χ2n) is 15.2. The van der Waals surface area contributed by atoms with Crippen molar-refractivity contribution in [1.29, 1.82) is 15.8 Å². The lowest BCUT2D eigenvalue weighted by Gasteiger charge is -2.16. The molecule has 0 aliphatic carbocycles. The van der Waals surface area contributed by atoms with Crippen LogP contribution < -0.4 is 16.0 Å². The molecule has 0 bridgehead atoms. The van der Waals surface area contributed by atoms with E-state index in [1.54, 1.807) is 37.3 Å². The van der Waals surface area contributed by atoms with Crippen LogP contribution in [0.25, 0.3) is 16.8 Å². The summed E-state index contributed by atoms with van der Waals surface area (Å²) in [6.45, 7) is 2.91. The summed E-state index contributed by atoms with van der Waals surface area (Å²) in [5.41, 5.74) is 2.44. The third kappa shape index (κ3) is 11.9. The number of nitrogens with zero attached hydrogens (tertiary/aromatic N) is 10. The standard InChI is InChI=1S/C48H37N13O11S3/c1-27-39(22-50)43(54-34-10-14-37(15-11-34)74(65,66)70-4)56-44(55-35-12-16-38(17-13-35)75(67,68)71-5)42(27)57-59-46-40(23-51)41(30-6-8-33(9-7-30)53-28(2)63)47(73-46)60-58-45-32(21-49)24-52-61(45)36-19-29(25-72-26-62)18-31(20-36)48(64)69-3/h6-20,24,26H,25H2,1-5H3,(H,53,63)(H2,54,55,56). The summed E-state index contributed by atoms with van der Waals surface area (Å²) < 4.78 is 69.7. The molecule has 0 unspecified atom stereocenters. The number of hydrogen-bond donors (Lipinski definition) is 3. The number of carbonyl (C=O) groups excluding carboxylic acids is 3. The smallest absolute Gasteiger partial charge is 0.337 e. The Hall–Kier alpha value is -9.56. The van der Waals surface area contributed by atoms with Crippen molar-refractivity contribution in [2.45, 2.75) is 30.2 Å². The normalized spacial score (nSPS) is 11.4. The largest absolute Gasteiger partial charge is 0.465 e. The van der Waals surface area contributed by atoms with E-state index in [4.69, 9.17) is 9.47 Å². The van der Waals surface area contributed by atoms with Crippen molar-refractivity contribution in [3.05, 3.63) is 131 Å². The first-order valence-corrected chi connectivity index (χ1v) is 25.0. The van der Waals surface area contributed by atoms with Crippen LogP contribution in [0.2, 0.25) is 0 Å². The maximum Gasteiger partial charge on any atom is 0.337 e. The number of hydrogen-bond acceptors (Lipinski definition) is 23.